The predicted molar refractivity (Wildman–Crippen MR) is 75.4 cm³/mol. The molecule has 0 radical (unpaired) electrons. The molecule has 0 spiro atoms. The van der Waals surface area contributed by atoms with Gasteiger partial charge in [-0.2, -0.15) is 0 Å². The zero-order valence-corrected chi connectivity index (χ0v) is 13.5. The lowest BCUT2D eigenvalue weighted by atomic mass is 10.1. The SMILES string of the molecule is CCO[Si](Cc1c(F)ccc(C)c1F)(OCC)OCC. The maximum absolute atomic E-state index is 14.1. The molecule has 0 aliphatic carbocycles. The Bertz CT molecular complexity index is 424. The third-order valence-electron chi connectivity index (χ3n) is 2.87. The van der Waals surface area contributed by atoms with Gasteiger partial charge in [0.05, 0.1) is 0 Å². The van der Waals surface area contributed by atoms with Gasteiger partial charge in [0.25, 0.3) is 0 Å². The van der Waals surface area contributed by atoms with E-state index in [-0.39, 0.29) is 11.6 Å². The first-order chi connectivity index (χ1) is 9.49. The second-order valence-electron chi connectivity index (χ2n) is 4.32. The van der Waals surface area contributed by atoms with Crippen LogP contribution < -0.4 is 0 Å². The maximum atomic E-state index is 14.1. The fourth-order valence-electron chi connectivity index (χ4n) is 2.03. The standard InChI is InChI=1S/C14H22F2O3Si/c1-5-17-20(18-6-2,19-7-3)10-12-13(15)9-8-11(4)14(12)16/h8-9H,5-7,10H2,1-4H3. The van der Waals surface area contributed by atoms with Crippen molar-refractivity contribution in [3.63, 3.8) is 0 Å². The van der Waals surface area contributed by atoms with E-state index in [4.69, 9.17) is 13.3 Å². The molecule has 0 aliphatic heterocycles. The second-order valence-corrected chi connectivity index (χ2v) is 6.90. The largest absolute Gasteiger partial charge is 0.505 e. The van der Waals surface area contributed by atoms with Crippen LogP contribution in [0.2, 0.25) is 0 Å². The van der Waals surface area contributed by atoms with Gasteiger partial charge in [0, 0.05) is 31.4 Å². The van der Waals surface area contributed by atoms with Crippen LogP contribution >= 0.6 is 0 Å². The highest BCUT2D eigenvalue weighted by Crippen LogP contribution is 2.23. The molecule has 0 atom stereocenters. The Balaban J connectivity index is 3.14. The van der Waals surface area contributed by atoms with Crippen LogP contribution in [0, 0.1) is 18.6 Å². The summed E-state index contributed by atoms with van der Waals surface area (Å²) in [6.45, 7) is 8.15. The molecule has 0 aliphatic rings. The normalized spacial score (nSPS) is 11.9. The molecular formula is C14H22F2O3Si. The molecule has 0 unspecified atom stereocenters. The van der Waals surface area contributed by atoms with Gasteiger partial charge in [0.2, 0.25) is 0 Å². The Kier molecular flexibility index (Phi) is 6.74. The number of hydrogen-bond acceptors (Lipinski definition) is 3. The van der Waals surface area contributed by atoms with Crippen molar-refractivity contribution in [2.24, 2.45) is 0 Å². The van der Waals surface area contributed by atoms with Crippen molar-refractivity contribution in [3.05, 3.63) is 34.9 Å². The van der Waals surface area contributed by atoms with Gasteiger partial charge in [0.15, 0.2) is 0 Å². The van der Waals surface area contributed by atoms with E-state index in [1.54, 1.807) is 6.92 Å². The van der Waals surface area contributed by atoms with E-state index in [9.17, 15) is 8.78 Å². The average Bonchev–Trinajstić information content (AvgIpc) is 2.40. The number of aryl methyl sites for hydroxylation is 1. The Morgan fingerprint density at radius 1 is 0.950 bits per heavy atom. The first kappa shape index (κ1) is 17.2. The molecule has 0 bridgehead atoms. The van der Waals surface area contributed by atoms with Crippen molar-refractivity contribution in [2.45, 2.75) is 33.7 Å². The Labute approximate surface area is 120 Å². The molecule has 6 heteroatoms. The molecular weight excluding hydrogens is 282 g/mol. The summed E-state index contributed by atoms with van der Waals surface area (Å²) in [4.78, 5) is 0. The maximum Gasteiger partial charge on any atom is 0.505 e. The summed E-state index contributed by atoms with van der Waals surface area (Å²) >= 11 is 0. The van der Waals surface area contributed by atoms with Gasteiger partial charge in [-0.25, -0.2) is 8.78 Å². The Hall–Kier alpha value is -0.823. The molecule has 1 aromatic rings. The lowest BCUT2D eigenvalue weighted by Gasteiger charge is -2.28. The minimum atomic E-state index is -3.10. The highest BCUT2D eigenvalue weighted by Gasteiger charge is 2.42. The first-order valence-corrected chi connectivity index (χ1v) is 8.78. The summed E-state index contributed by atoms with van der Waals surface area (Å²) in [6, 6.07) is 2.68. The highest BCUT2D eigenvalue weighted by molar-refractivity contribution is 6.60. The van der Waals surface area contributed by atoms with Gasteiger partial charge in [-0.15, -0.1) is 0 Å². The molecule has 0 heterocycles. The van der Waals surface area contributed by atoms with Gasteiger partial charge >= 0.3 is 8.80 Å². The summed E-state index contributed by atoms with van der Waals surface area (Å²) in [5.41, 5.74) is 0.376. The molecule has 20 heavy (non-hydrogen) atoms. The summed E-state index contributed by atoms with van der Waals surface area (Å²) in [5, 5.41) is 0. The number of halogens is 2. The molecule has 1 rings (SSSR count). The summed E-state index contributed by atoms with van der Waals surface area (Å²) in [5.74, 6) is -1.15. The van der Waals surface area contributed by atoms with Gasteiger partial charge in [-0.3, -0.25) is 0 Å². The Morgan fingerprint density at radius 2 is 1.45 bits per heavy atom. The fourth-order valence-corrected chi connectivity index (χ4v) is 4.66. The minimum absolute atomic E-state index is 0.00185. The molecule has 1 aromatic carbocycles. The van der Waals surface area contributed by atoms with Crippen LogP contribution in [0.15, 0.2) is 12.1 Å². The van der Waals surface area contributed by atoms with Crippen molar-refractivity contribution >= 4 is 8.80 Å². The third kappa shape index (κ3) is 4.08. The monoisotopic (exact) mass is 304 g/mol. The quantitative estimate of drug-likeness (QED) is 0.689. The van der Waals surface area contributed by atoms with Crippen molar-refractivity contribution in [1.29, 1.82) is 0 Å². The van der Waals surface area contributed by atoms with Crippen molar-refractivity contribution in [1.82, 2.24) is 0 Å². The minimum Gasteiger partial charge on any atom is -0.374 e. The van der Waals surface area contributed by atoms with Crippen molar-refractivity contribution < 1.29 is 22.1 Å². The van der Waals surface area contributed by atoms with Gasteiger partial charge in [-0.05, 0) is 39.3 Å². The molecule has 0 amide bonds. The van der Waals surface area contributed by atoms with Crippen LogP contribution in [0.4, 0.5) is 8.78 Å². The van der Waals surface area contributed by atoms with Crippen LogP contribution in [-0.4, -0.2) is 28.6 Å². The van der Waals surface area contributed by atoms with E-state index in [0.29, 0.717) is 25.4 Å². The number of rotatable bonds is 8. The average molecular weight is 304 g/mol. The zero-order chi connectivity index (χ0) is 15.2. The van der Waals surface area contributed by atoms with Crippen molar-refractivity contribution in [3.8, 4) is 0 Å². The van der Waals surface area contributed by atoms with Crippen LogP contribution in [0.5, 0.6) is 0 Å². The topological polar surface area (TPSA) is 27.7 Å². The molecule has 0 N–H and O–H groups in total. The summed E-state index contributed by atoms with van der Waals surface area (Å²) in [7, 11) is -3.10. The molecule has 114 valence electrons. The highest BCUT2D eigenvalue weighted by atomic mass is 28.4. The van der Waals surface area contributed by atoms with Crippen LogP contribution in [0.25, 0.3) is 0 Å². The van der Waals surface area contributed by atoms with E-state index >= 15 is 0 Å². The molecule has 3 nitrogen and oxygen atoms in total. The number of benzene rings is 1. The van der Waals surface area contributed by atoms with E-state index in [1.807, 2.05) is 20.8 Å². The lowest BCUT2D eigenvalue weighted by Crippen LogP contribution is -2.49. The van der Waals surface area contributed by atoms with Crippen LogP contribution in [0.1, 0.15) is 31.9 Å². The van der Waals surface area contributed by atoms with E-state index in [0.717, 1.165) is 0 Å². The van der Waals surface area contributed by atoms with Gasteiger partial charge in [0.1, 0.15) is 11.6 Å². The van der Waals surface area contributed by atoms with Crippen molar-refractivity contribution in [2.75, 3.05) is 19.8 Å². The van der Waals surface area contributed by atoms with E-state index in [1.165, 1.54) is 12.1 Å². The fraction of sp³-hybridized carbons (Fsp3) is 0.571. The van der Waals surface area contributed by atoms with E-state index < -0.39 is 20.4 Å². The molecule has 0 saturated carbocycles. The molecule has 0 fully saturated rings. The first-order valence-electron chi connectivity index (χ1n) is 6.85. The summed E-state index contributed by atoms with van der Waals surface area (Å²) < 4.78 is 44.9. The molecule has 0 aromatic heterocycles. The van der Waals surface area contributed by atoms with Gasteiger partial charge in [-0.1, -0.05) is 6.07 Å². The number of hydrogen-bond donors (Lipinski definition) is 0. The van der Waals surface area contributed by atoms with Crippen LogP contribution in [-0.2, 0) is 19.3 Å². The van der Waals surface area contributed by atoms with E-state index in [2.05, 4.69) is 0 Å². The zero-order valence-electron chi connectivity index (χ0n) is 12.5. The smallest absolute Gasteiger partial charge is 0.374 e. The van der Waals surface area contributed by atoms with Gasteiger partial charge < -0.3 is 13.3 Å². The molecule has 0 saturated heterocycles. The lowest BCUT2D eigenvalue weighted by molar-refractivity contribution is 0.0698. The predicted octanol–water partition coefficient (Wildman–Crippen LogP) is 3.40. The third-order valence-corrected chi connectivity index (χ3v) is 5.84. The summed E-state index contributed by atoms with van der Waals surface area (Å²) in [6.07, 6.45) is 0. The Morgan fingerprint density at radius 3 is 1.90 bits per heavy atom. The second kappa shape index (κ2) is 7.83. The van der Waals surface area contributed by atoms with Crippen LogP contribution in [0.3, 0.4) is 0 Å².